The second kappa shape index (κ2) is 7.36. The smallest absolute Gasteiger partial charge is 0.307 e. The van der Waals surface area contributed by atoms with Crippen molar-refractivity contribution in [1.82, 2.24) is 0 Å². The third-order valence-electron chi connectivity index (χ3n) is 4.15. The number of benzene rings is 2. The maximum atomic E-state index is 12.9. The second-order valence-electron chi connectivity index (χ2n) is 5.97. The zero-order valence-electron chi connectivity index (χ0n) is 13.9. The standard InChI is InChI=1S/C18H17F2NO3S2/c1-12-10-11-21(15-4-2-3-5-16(15)25-12)17(22)13-6-8-14(9-7-13)26(23,24)18(19)20/h2-9,12,18H,10-11H2,1H3/t12-/m1/s1. The van der Waals surface area contributed by atoms with Crippen LogP contribution in [0.1, 0.15) is 23.7 Å². The second-order valence-corrected chi connectivity index (χ2v) is 9.37. The molecule has 1 heterocycles. The molecule has 0 radical (unpaired) electrons. The summed E-state index contributed by atoms with van der Waals surface area (Å²) in [5, 5.41) is 0.354. The average molecular weight is 397 g/mol. The molecule has 0 aliphatic carbocycles. The first-order valence-electron chi connectivity index (χ1n) is 8.00. The summed E-state index contributed by atoms with van der Waals surface area (Å²) < 4.78 is 48.3. The summed E-state index contributed by atoms with van der Waals surface area (Å²) >= 11 is 1.70. The summed E-state index contributed by atoms with van der Waals surface area (Å²) in [4.78, 5) is 15.1. The Morgan fingerprint density at radius 3 is 2.46 bits per heavy atom. The molecule has 1 amide bonds. The zero-order chi connectivity index (χ0) is 18.9. The number of para-hydroxylation sites is 1. The van der Waals surface area contributed by atoms with Gasteiger partial charge in [0.2, 0.25) is 9.84 Å². The SMILES string of the molecule is C[C@@H]1CCN(C(=O)c2ccc(S(=O)(=O)C(F)F)cc2)c2ccccc2S1. The van der Waals surface area contributed by atoms with Crippen LogP contribution in [0.2, 0.25) is 0 Å². The number of thioether (sulfide) groups is 1. The molecule has 1 aliphatic heterocycles. The Hall–Kier alpha value is -1.93. The molecule has 2 aromatic carbocycles. The lowest BCUT2D eigenvalue weighted by Gasteiger charge is -2.22. The Labute approximate surface area is 155 Å². The van der Waals surface area contributed by atoms with Gasteiger partial charge in [-0.3, -0.25) is 4.79 Å². The van der Waals surface area contributed by atoms with Crippen LogP contribution in [0.4, 0.5) is 14.5 Å². The molecule has 0 bridgehead atoms. The first kappa shape index (κ1) is 18.8. The Morgan fingerprint density at radius 1 is 1.15 bits per heavy atom. The molecule has 0 fully saturated rings. The Morgan fingerprint density at radius 2 is 1.81 bits per heavy atom. The monoisotopic (exact) mass is 397 g/mol. The Balaban J connectivity index is 1.92. The van der Waals surface area contributed by atoms with Crippen molar-refractivity contribution in [3.63, 3.8) is 0 Å². The molecular weight excluding hydrogens is 380 g/mol. The molecule has 0 unspecified atom stereocenters. The van der Waals surface area contributed by atoms with Gasteiger partial charge in [0.1, 0.15) is 0 Å². The van der Waals surface area contributed by atoms with Gasteiger partial charge >= 0.3 is 5.76 Å². The van der Waals surface area contributed by atoms with Crippen LogP contribution in [0, 0.1) is 0 Å². The highest BCUT2D eigenvalue weighted by Gasteiger charge is 2.28. The maximum Gasteiger partial charge on any atom is 0.341 e. The summed E-state index contributed by atoms with van der Waals surface area (Å²) in [5.41, 5.74) is 1.06. The first-order chi connectivity index (χ1) is 12.3. The Kier molecular flexibility index (Phi) is 5.34. The van der Waals surface area contributed by atoms with E-state index >= 15 is 0 Å². The fourth-order valence-corrected chi connectivity index (χ4v) is 4.58. The van der Waals surface area contributed by atoms with Gasteiger partial charge in [-0.1, -0.05) is 19.1 Å². The predicted octanol–water partition coefficient (Wildman–Crippen LogP) is 4.21. The molecule has 8 heteroatoms. The number of hydrogen-bond donors (Lipinski definition) is 0. The Bertz CT molecular complexity index is 914. The number of halogens is 2. The van der Waals surface area contributed by atoms with Crippen molar-refractivity contribution in [2.75, 3.05) is 11.4 Å². The van der Waals surface area contributed by atoms with Gasteiger partial charge in [0.15, 0.2) is 0 Å². The van der Waals surface area contributed by atoms with Crippen LogP contribution in [-0.2, 0) is 9.84 Å². The molecule has 0 saturated carbocycles. The van der Waals surface area contributed by atoms with Gasteiger partial charge in [-0.25, -0.2) is 8.42 Å². The van der Waals surface area contributed by atoms with E-state index in [1.165, 1.54) is 12.1 Å². The molecule has 2 aromatic rings. The van der Waals surface area contributed by atoms with Crippen molar-refractivity contribution in [1.29, 1.82) is 0 Å². The van der Waals surface area contributed by atoms with Crippen molar-refractivity contribution in [3.8, 4) is 0 Å². The van der Waals surface area contributed by atoms with E-state index in [4.69, 9.17) is 0 Å². The van der Waals surface area contributed by atoms with Crippen LogP contribution < -0.4 is 4.90 Å². The van der Waals surface area contributed by atoms with Gasteiger partial charge in [-0.15, -0.1) is 11.8 Å². The van der Waals surface area contributed by atoms with Crippen molar-refractivity contribution in [3.05, 3.63) is 54.1 Å². The molecule has 0 N–H and O–H groups in total. The molecule has 1 atom stereocenters. The van der Waals surface area contributed by atoms with Crippen LogP contribution in [0.15, 0.2) is 58.3 Å². The minimum Gasteiger partial charge on any atom is -0.307 e. The summed E-state index contributed by atoms with van der Waals surface area (Å²) in [6.45, 7) is 2.63. The first-order valence-corrected chi connectivity index (χ1v) is 10.4. The quantitative estimate of drug-likeness (QED) is 0.778. The third-order valence-corrected chi connectivity index (χ3v) is 6.79. The van der Waals surface area contributed by atoms with E-state index < -0.39 is 20.5 Å². The van der Waals surface area contributed by atoms with Crippen LogP contribution in [0.3, 0.4) is 0 Å². The number of carbonyl (C=O) groups is 1. The minimum atomic E-state index is -4.67. The normalized spacial score (nSPS) is 17.7. The fourth-order valence-electron chi connectivity index (χ4n) is 2.74. The summed E-state index contributed by atoms with van der Waals surface area (Å²) in [6.07, 6.45) is 0.808. The number of anilines is 1. The van der Waals surface area contributed by atoms with Gasteiger partial charge < -0.3 is 4.90 Å². The van der Waals surface area contributed by atoms with Crippen molar-refractivity contribution in [2.45, 2.75) is 34.1 Å². The molecular formula is C18H17F2NO3S2. The largest absolute Gasteiger partial charge is 0.341 e. The molecule has 138 valence electrons. The number of amides is 1. The number of rotatable bonds is 3. The van der Waals surface area contributed by atoms with Crippen LogP contribution in [0.25, 0.3) is 0 Å². The lowest BCUT2D eigenvalue weighted by atomic mass is 10.1. The van der Waals surface area contributed by atoms with Crippen molar-refractivity contribution >= 4 is 33.2 Å². The van der Waals surface area contributed by atoms with E-state index in [1.807, 2.05) is 24.3 Å². The minimum absolute atomic E-state index is 0.257. The molecule has 3 rings (SSSR count). The average Bonchev–Trinajstić information content (AvgIpc) is 2.79. The number of sulfone groups is 1. The highest BCUT2D eigenvalue weighted by molar-refractivity contribution is 8.00. The van der Waals surface area contributed by atoms with E-state index in [0.717, 1.165) is 29.1 Å². The predicted molar refractivity (Wildman–Crippen MR) is 97.7 cm³/mol. The zero-order valence-corrected chi connectivity index (χ0v) is 15.6. The molecule has 0 aromatic heterocycles. The molecule has 26 heavy (non-hydrogen) atoms. The lowest BCUT2D eigenvalue weighted by molar-refractivity contribution is 0.0986. The fraction of sp³-hybridized carbons (Fsp3) is 0.278. The number of alkyl halides is 2. The van der Waals surface area contributed by atoms with E-state index in [0.29, 0.717) is 11.8 Å². The maximum absolute atomic E-state index is 12.9. The number of nitrogens with zero attached hydrogens (tertiary/aromatic N) is 1. The van der Waals surface area contributed by atoms with Crippen molar-refractivity contribution < 1.29 is 22.0 Å². The highest BCUT2D eigenvalue weighted by atomic mass is 32.2. The molecule has 0 spiro atoms. The van der Waals surface area contributed by atoms with E-state index in [9.17, 15) is 22.0 Å². The number of fused-ring (bicyclic) bond motifs is 1. The van der Waals surface area contributed by atoms with Gasteiger partial charge in [0, 0.05) is 22.3 Å². The lowest BCUT2D eigenvalue weighted by Crippen LogP contribution is -2.32. The molecule has 0 saturated heterocycles. The van der Waals surface area contributed by atoms with E-state index in [-0.39, 0.29) is 11.5 Å². The van der Waals surface area contributed by atoms with Crippen LogP contribution in [-0.4, -0.2) is 31.9 Å². The highest BCUT2D eigenvalue weighted by Crippen LogP contribution is 2.37. The third kappa shape index (κ3) is 3.61. The number of carbonyl (C=O) groups excluding carboxylic acids is 1. The topological polar surface area (TPSA) is 54.5 Å². The molecule has 1 aliphatic rings. The summed E-state index contributed by atoms with van der Waals surface area (Å²) in [5.74, 6) is -3.77. The van der Waals surface area contributed by atoms with Gasteiger partial charge in [0.05, 0.1) is 10.6 Å². The van der Waals surface area contributed by atoms with E-state index in [2.05, 4.69) is 6.92 Å². The summed E-state index contributed by atoms with van der Waals surface area (Å²) in [6, 6.07) is 12.3. The van der Waals surface area contributed by atoms with Gasteiger partial charge in [0.25, 0.3) is 5.91 Å². The van der Waals surface area contributed by atoms with Gasteiger partial charge in [-0.2, -0.15) is 8.78 Å². The van der Waals surface area contributed by atoms with E-state index in [1.54, 1.807) is 16.7 Å². The summed E-state index contributed by atoms with van der Waals surface area (Å²) in [7, 11) is -4.67. The van der Waals surface area contributed by atoms with Crippen LogP contribution >= 0.6 is 11.8 Å². The number of hydrogen-bond acceptors (Lipinski definition) is 4. The van der Waals surface area contributed by atoms with Gasteiger partial charge in [-0.05, 0) is 42.8 Å². The van der Waals surface area contributed by atoms with Crippen molar-refractivity contribution in [2.24, 2.45) is 0 Å². The van der Waals surface area contributed by atoms with Crippen LogP contribution in [0.5, 0.6) is 0 Å². The molecule has 4 nitrogen and oxygen atoms in total.